The van der Waals surface area contributed by atoms with E-state index >= 15 is 0 Å². The number of hydrogen-bond acceptors (Lipinski definition) is 4. The minimum atomic E-state index is -4.01. The molecule has 0 aromatic heterocycles. The lowest BCUT2D eigenvalue weighted by molar-refractivity contribution is -0.131. The lowest BCUT2D eigenvalue weighted by Gasteiger charge is -2.34. The molecule has 31 heavy (non-hydrogen) atoms. The number of benzene rings is 2. The number of hydrogen-bond donors (Lipinski definition) is 2. The molecule has 3 rings (SSSR count). The third kappa shape index (κ3) is 4.35. The second kappa shape index (κ2) is 9.18. The molecule has 1 heterocycles. The van der Waals surface area contributed by atoms with Crippen LogP contribution in [-0.2, 0) is 14.8 Å². The second-order valence-electron chi connectivity index (χ2n) is 7.90. The third-order valence-electron chi connectivity index (χ3n) is 5.88. The predicted octanol–water partition coefficient (Wildman–Crippen LogP) is 3.92. The van der Waals surface area contributed by atoms with Gasteiger partial charge in [0, 0.05) is 13.1 Å². The Balaban J connectivity index is 1.83. The largest absolute Gasteiger partial charge is 0.289 e. The standard InChI is InChI=1S/C24H28N2O4S/c1-4-14-24(3,23(27)25-28)31(29,30)26-15-12-19(13-16-26)21-10-11-22(18(2)17-21)20-8-6-5-7-9-20/h4-12,17,28H,1,13-16H2,2-3H3,(H,25,27)/t24-/m1/s1. The van der Waals surface area contributed by atoms with Crippen LogP contribution in [0.2, 0.25) is 0 Å². The normalized spacial score (nSPS) is 16.8. The van der Waals surface area contributed by atoms with E-state index in [0.29, 0.717) is 6.42 Å². The Labute approximate surface area is 183 Å². The van der Waals surface area contributed by atoms with Crippen molar-refractivity contribution < 1.29 is 18.4 Å². The molecule has 0 saturated carbocycles. The maximum absolute atomic E-state index is 13.2. The Morgan fingerprint density at radius 1 is 1.23 bits per heavy atom. The van der Waals surface area contributed by atoms with Crippen LogP contribution < -0.4 is 5.48 Å². The summed E-state index contributed by atoms with van der Waals surface area (Å²) in [4.78, 5) is 12.2. The highest BCUT2D eigenvalue weighted by atomic mass is 32.2. The number of carbonyl (C=O) groups is 1. The summed E-state index contributed by atoms with van der Waals surface area (Å²) in [6.45, 7) is 7.36. The van der Waals surface area contributed by atoms with Gasteiger partial charge in [-0.15, -0.1) is 6.58 Å². The summed E-state index contributed by atoms with van der Waals surface area (Å²) >= 11 is 0. The molecular weight excluding hydrogens is 412 g/mol. The first-order valence-electron chi connectivity index (χ1n) is 10.1. The molecule has 0 radical (unpaired) electrons. The monoisotopic (exact) mass is 440 g/mol. The molecule has 0 spiro atoms. The quantitative estimate of drug-likeness (QED) is 0.388. The van der Waals surface area contributed by atoms with Crippen LogP contribution in [0.3, 0.4) is 0 Å². The minimum absolute atomic E-state index is 0.102. The summed E-state index contributed by atoms with van der Waals surface area (Å²) in [5.41, 5.74) is 7.10. The molecule has 7 heteroatoms. The van der Waals surface area contributed by atoms with Crippen molar-refractivity contribution in [2.75, 3.05) is 13.1 Å². The number of nitrogens with one attached hydrogen (secondary N) is 1. The van der Waals surface area contributed by atoms with Crippen molar-refractivity contribution in [1.29, 1.82) is 0 Å². The van der Waals surface area contributed by atoms with Gasteiger partial charge in [-0.3, -0.25) is 10.0 Å². The maximum atomic E-state index is 13.2. The van der Waals surface area contributed by atoms with Crippen molar-refractivity contribution in [2.45, 2.75) is 31.4 Å². The Morgan fingerprint density at radius 2 is 1.94 bits per heavy atom. The second-order valence-corrected chi connectivity index (χ2v) is 10.3. The third-order valence-corrected chi connectivity index (χ3v) is 8.38. The lowest BCUT2D eigenvalue weighted by Crippen LogP contribution is -2.55. The van der Waals surface area contributed by atoms with Gasteiger partial charge in [0.2, 0.25) is 10.0 Å². The van der Waals surface area contributed by atoms with Crippen LogP contribution >= 0.6 is 0 Å². The predicted molar refractivity (Wildman–Crippen MR) is 123 cm³/mol. The Bertz CT molecular complexity index is 1110. The molecule has 1 amide bonds. The molecular formula is C24H28N2O4S. The highest BCUT2D eigenvalue weighted by Gasteiger charge is 2.48. The molecule has 2 N–H and O–H groups in total. The lowest BCUT2D eigenvalue weighted by atomic mass is 9.94. The van der Waals surface area contributed by atoms with Crippen molar-refractivity contribution in [1.82, 2.24) is 9.79 Å². The van der Waals surface area contributed by atoms with Crippen LogP contribution in [0.25, 0.3) is 16.7 Å². The number of amides is 1. The van der Waals surface area contributed by atoms with Crippen molar-refractivity contribution in [2.24, 2.45) is 0 Å². The zero-order chi connectivity index (χ0) is 22.6. The summed E-state index contributed by atoms with van der Waals surface area (Å²) in [5.74, 6) is -0.964. The average Bonchev–Trinajstić information content (AvgIpc) is 2.79. The molecule has 6 nitrogen and oxygen atoms in total. The summed E-state index contributed by atoms with van der Waals surface area (Å²) in [5, 5.41) is 9.05. The fourth-order valence-corrected chi connectivity index (χ4v) is 5.71. The van der Waals surface area contributed by atoms with Gasteiger partial charge in [0.25, 0.3) is 5.91 Å². The number of rotatable bonds is 7. The minimum Gasteiger partial charge on any atom is -0.289 e. The molecule has 2 aromatic carbocycles. The Morgan fingerprint density at radius 3 is 2.48 bits per heavy atom. The van der Waals surface area contributed by atoms with Crippen LogP contribution in [0.1, 0.15) is 30.9 Å². The van der Waals surface area contributed by atoms with Gasteiger partial charge in [0.1, 0.15) is 0 Å². The van der Waals surface area contributed by atoms with E-state index in [0.717, 1.165) is 22.3 Å². The number of aryl methyl sites for hydroxylation is 1. The van der Waals surface area contributed by atoms with Crippen LogP contribution in [0.15, 0.2) is 67.3 Å². The molecule has 164 valence electrons. The van der Waals surface area contributed by atoms with Gasteiger partial charge < -0.3 is 0 Å². The molecule has 0 fully saturated rings. The van der Waals surface area contributed by atoms with Crippen LogP contribution in [0.4, 0.5) is 0 Å². The van der Waals surface area contributed by atoms with Crippen LogP contribution in [0, 0.1) is 6.92 Å². The molecule has 1 atom stereocenters. The number of carbonyl (C=O) groups excluding carboxylic acids is 1. The van der Waals surface area contributed by atoms with E-state index in [1.807, 2.05) is 24.3 Å². The van der Waals surface area contributed by atoms with E-state index in [1.165, 1.54) is 28.3 Å². The number of hydroxylamine groups is 1. The molecule has 2 aromatic rings. The van der Waals surface area contributed by atoms with Crippen molar-refractivity contribution in [3.8, 4) is 11.1 Å². The van der Waals surface area contributed by atoms with Crippen LogP contribution in [0.5, 0.6) is 0 Å². The topological polar surface area (TPSA) is 86.7 Å². The first-order chi connectivity index (χ1) is 14.7. The summed E-state index contributed by atoms with van der Waals surface area (Å²) < 4.78 is 25.8. The van der Waals surface area contributed by atoms with E-state index < -0.39 is 20.7 Å². The van der Waals surface area contributed by atoms with Gasteiger partial charge in [-0.25, -0.2) is 13.9 Å². The number of nitrogens with zero attached hydrogens (tertiary/aromatic N) is 1. The molecule has 0 saturated heterocycles. The highest BCUT2D eigenvalue weighted by Crippen LogP contribution is 2.32. The fraction of sp³-hybridized carbons (Fsp3) is 0.292. The van der Waals surface area contributed by atoms with Gasteiger partial charge in [0.15, 0.2) is 4.75 Å². The van der Waals surface area contributed by atoms with Gasteiger partial charge in [-0.2, -0.15) is 4.31 Å². The van der Waals surface area contributed by atoms with Crippen molar-refractivity contribution >= 4 is 21.5 Å². The summed E-state index contributed by atoms with van der Waals surface area (Å²) in [6.07, 6.45) is 3.70. The van der Waals surface area contributed by atoms with Gasteiger partial charge in [0.05, 0.1) is 0 Å². The van der Waals surface area contributed by atoms with E-state index in [9.17, 15) is 13.2 Å². The molecule has 1 aliphatic rings. The Hall–Kier alpha value is -2.74. The summed E-state index contributed by atoms with van der Waals surface area (Å²) in [6, 6.07) is 16.4. The average molecular weight is 441 g/mol. The molecule has 0 bridgehead atoms. The first-order valence-corrected chi connectivity index (χ1v) is 11.6. The van der Waals surface area contributed by atoms with E-state index in [2.05, 4.69) is 43.8 Å². The van der Waals surface area contributed by atoms with Crippen molar-refractivity contribution in [3.63, 3.8) is 0 Å². The maximum Gasteiger partial charge on any atom is 0.266 e. The van der Waals surface area contributed by atoms with Gasteiger partial charge in [-0.05, 0) is 54.5 Å². The smallest absolute Gasteiger partial charge is 0.266 e. The van der Waals surface area contributed by atoms with Crippen LogP contribution in [-0.4, -0.2) is 41.7 Å². The SMILES string of the molecule is C=CC[C@](C)(C(=O)NO)S(=O)(=O)N1CC=C(c2ccc(-c3ccccc3)c(C)c2)CC1. The number of sulfonamides is 1. The Kier molecular flexibility index (Phi) is 6.79. The van der Waals surface area contributed by atoms with Gasteiger partial charge >= 0.3 is 0 Å². The number of allylic oxidation sites excluding steroid dienone is 1. The summed E-state index contributed by atoms with van der Waals surface area (Å²) in [7, 11) is -4.01. The van der Waals surface area contributed by atoms with Crippen molar-refractivity contribution in [3.05, 3.63) is 78.4 Å². The fourth-order valence-electron chi connectivity index (χ4n) is 3.93. The van der Waals surface area contributed by atoms with E-state index in [4.69, 9.17) is 5.21 Å². The molecule has 0 aliphatic carbocycles. The zero-order valence-corrected chi connectivity index (χ0v) is 18.7. The molecule has 1 aliphatic heterocycles. The highest BCUT2D eigenvalue weighted by molar-refractivity contribution is 7.91. The van der Waals surface area contributed by atoms with E-state index in [1.54, 1.807) is 0 Å². The van der Waals surface area contributed by atoms with E-state index in [-0.39, 0.29) is 19.5 Å². The first kappa shape index (κ1) is 22.9. The molecule has 0 unspecified atom stereocenters. The zero-order valence-electron chi connectivity index (χ0n) is 17.8. The van der Waals surface area contributed by atoms with Gasteiger partial charge in [-0.1, -0.05) is 60.7 Å².